The van der Waals surface area contributed by atoms with Crippen molar-refractivity contribution < 1.29 is 14.3 Å². The number of anilines is 1. The Labute approximate surface area is 174 Å². The molecule has 2 atom stereocenters. The summed E-state index contributed by atoms with van der Waals surface area (Å²) in [5, 5.41) is 13.3. The maximum Gasteiger partial charge on any atom is 0.407 e. The van der Waals surface area contributed by atoms with Crippen LogP contribution in [-0.2, 0) is 16.0 Å². The minimum absolute atomic E-state index is 0.125. The molecule has 0 saturated heterocycles. The average molecular weight is 420 g/mol. The quantitative estimate of drug-likeness (QED) is 0.682. The third-order valence-electron chi connectivity index (χ3n) is 4.57. The van der Waals surface area contributed by atoms with Crippen molar-refractivity contribution in [2.45, 2.75) is 64.0 Å². The van der Waals surface area contributed by atoms with Gasteiger partial charge in [-0.3, -0.25) is 14.9 Å². The van der Waals surface area contributed by atoms with E-state index in [-0.39, 0.29) is 29.9 Å². The molecule has 1 saturated carbocycles. The van der Waals surface area contributed by atoms with Gasteiger partial charge in [-0.2, -0.15) is 5.10 Å². The molecule has 8 nitrogen and oxygen atoms in total. The van der Waals surface area contributed by atoms with Gasteiger partial charge >= 0.3 is 6.09 Å². The third kappa shape index (κ3) is 6.45. The summed E-state index contributed by atoms with van der Waals surface area (Å²) in [6.45, 7) is 5.74. The van der Waals surface area contributed by atoms with Crippen LogP contribution in [0.1, 0.15) is 57.3 Å². The fraction of sp³-hybridized carbons (Fsp3) is 0.500. The number of hydrogen-bond donors (Lipinski definition) is 3. The van der Waals surface area contributed by atoms with E-state index in [0.717, 1.165) is 25.0 Å². The number of pyridine rings is 1. The van der Waals surface area contributed by atoms with Crippen LogP contribution in [0.2, 0.25) is 5.02 Å². The van der Waals surface area contributed by atoms with Crippen LogP contribution in [0.4, 0.5) is 10.6 Å². The number of nitrogens with one attached hydrogen (secondary N) is 3. The minimum atomic E-state index is -0.392. The number of nitrogens with zero attached hydrogens (tertiary/aromatic N) is 2. The summed E-state index contributed by atoms with van der Waals surface area (Å²) in [6.07, 6.45) is 3.54. The zero-order chi connectivity index (χ0) is 21.0. The molecular weight excluding hydrogens is 394 g/mol. The van der Waals surface area contributed by atoms with Crippen LogP contribution in [0.15, 0.2) is 24.4 Å². The van der Waals surface area contributed by atoms with Crippen LogP contribution in [0.5, 0.6) is 0 Å². The smallest absolute Gasteiger partial charge is 0.407 e. The monoisotopic (exact) mass is 419 g/mol. The van der Waals surface area contributed by atoms with Gasteiger partial charge in [0.2, 0.25) is 5.91 Å². The number of amides is 2. The Kier molecular flexibility index (Phi) is 6.42. The van der Waals surface area contributed by atoms with Gasteiger partial charge in [0.1, 0.15) is 6.10 Å². The number of ether oxygens (including phenoxy) is 1. The van der Waals surface area contributed by atoms with Gasteiger partial charge in [0.05, 0.1) is 11.4 Å². The Balaban J connectivity index is 1.49. The SMILES string of the molecule is CC(C)(C)NC(=O)OC1CCC(c2cc(NC(=O)Cc3ccc(Cl)cn3)n[nH]2)C1. The zero-order valence-electron chi connectivity index (χ0n) is 16.8. The van der Waals surface area contributed by atoms with Crippen molar-refractivity contribution in [1.29, 1.82) is 0 Å². The standard InChI is InChI=1S/C20H26ClN5O3/c1-20(2,3)24-19(28)29-15-7-4-12(8-15)16-10-17(26-25-16)23-18(27)9-14-6-5-13(21)11-22-14/h5-6,10-12,15H,4,7-9H2,1-3H3,(H,24,28)(H2,23,25,26,27). The van der Waals surface area contributed by atoms with Gasteiger partial charge in [-0.25, -0.2) is 4.79 Å². The molecule has 1 fully saturated rings. The number of carbonyl (C=O) groups excluding carboxylic acids is 2. The predicted molar refractivity (Wildman–Crippen MR) is 110 cm³/mol. The number of hydrogen-bond acceptors (Lipinski definition) is 5. The van der Waals surface area contributed by atoms with Crippen LogP contribution in [0.3, 0.4) is 0 Å². The highest BCUT2D eigenvalue weighted by atomic mass is 35.5. The Bertz CT molecular complexity index is 860. The van der Waals surface area contributed by atoms with Crippen molar-refractivity contribution in [3.05, 3.63) is 40.8 Å². The third-order valence-corrected chi connectivity index (χ3v) is 4.79. The molecule has 2 unspecified atom stereocenters. The molecule has 29 heavy (non-hydrogen) atoms. The molecule has 3 rings (SSSR count). The largest absolute Gasteiger partial charge is 0.446 e. The molecule has 2 aromatic rings. The first-order chi connectivity index (χ1) is 13.7. The lowest BCUT2D eigenvalue weighted by atomic mass is 10.0. The Morgan fingerprint density at radius 1 is 1.31 bits per heavy atom. The second kappa shape index (κ2) is 8.82. The molecule has 9 heteroatoms. The van der Waals surface area contributed by atoms with Crippen LogP contribution >= 0.6 is 11.6 Å². The maximum absolute atomic E-state index is 12.2. The molecule has 156 valence electrons. The second-order valence-electron chi connectivity index (χ2n) is 8.31. The minimum Gasteiger partial charge on any atom is -0.446 e. The molecule has 3 N–H and O–H groups in total. The normalized spacial score (nSPS) is 19.0. The molecule has 1 aliphatic rings. The molecule has 2 amide bonds. The number of H-pyrrole nitrogens is 1. The molecule has 0 bridgehead atoms. The number of alkyl carbamates (subject to hydrolysis) is 1. The van der Waals surface area contributed by atoms with Gasteiger partial charge in [-0.15, -0.1) is 0 Å². The fourth-order valence-electron chi connectivity index (χ4n) is 3.29. The van der Waals surface area contributed by atoms with E-state index in [1.165, 1.54) is 6.20 Å². The zero-order valence-corrected chi connectivity index (χ0v) is 17.5. The maximum atomic E-state index is 12.2. The molecule has 0 radical (unpaired) electrons. The van der Waals surface area contributed by atoms with Crippen LogP contribution in [0, 0.1) is 0 Å². The van der Waals surface area contributed by atoms with Gasteiger partial charge in [0, 0.05) is 35.1 Å². The van der Waals surface area contributed by atoms with E-state index in [0.29, 0.717) is 16.5 Å². The van der Waals surface area contributed by atoms with E-state index in [2.05, 4.69) is 25.8 Å². The highest BCUT2D eigenvalue weighted by molar-refractivity contribution is 6.30. The Morgan fingerprint density at radius 3 is 2.79 bits per heavy atom. The van der Waals surface area contributed by atoms with Crippen LogP contribution < -0.4 is 10.6 Å². The number of aromatic amines is 1. The second-order valence-corrected chi connectivity index (χ2v) is 8.75. The fourth-order valence-corrected chi connectivity index (χ4v) is 3.40. The molecule has 2 heterocycles. The summed E-state index contributed by atoms with van der Waals surface area (Å²) in [4.78, 5) is 28.2. The van der Waals surface area contributed by atoms with Crippen LogP contribution in [0.25, 0.3) is 0 Å². The van der Waals surface area contributed by atoms with Gasteiger partial charge in [0.25, 0.3) is 0 Å². The average Bonchev–Trinajstić information content (AvgIpc) is 3.24. The highest BCUT2D eigenvalue weighted by Gasteiger charge is 2.30. The lowest BCUT2D eigenvalue weighted by Gasteiger charge is -2.22. The predicted octanol–water partition coefficient (Wildman–Crippen LogP) is 3.80. The van der Waals surface area contributed by atoms with E-state index in [9.17, 15) is 9.59 Å². The topological polar surface area (TPSA) is 109 Å². The summed E-state index contributed by atoms with van der Waals surface area (Å²) in [6, 6.07) is 5.24. The number of rotatable bonds is 5. The van der Waals surface area contributed by atoms with E-state index >= 15 is 0 Å². The molecule has 0 aromatic carbocycles. The summed E-state index contributed by atoms with van der Waals surface area (Å²) in [7, 11) is 0. The summed E-state index contributed by atoms with van der Waals surface area (Å²) >= 11 is 5.80. The van der Waals surface area contributed by atoms with E-state index < -0.39 is 6.09 Å². The van der Waals surface area contributed by atoms with Crippen molar-refractivity contribution >= 4 is 29.4 Å². The first-order valence-electron chi connectivity index (χ1n) is 9.62. The first kappa shape index (κ1) is 21.1. The van der Waals surface area contributed by atoms with E-state index in [4.69, 9.17) is 16.3 Å². The molecule has 0 spiro atoms. The number of carbonyl (C=O) groups is 2. The van der Waals surface area contributed by atoms with Gasteiger partial charge in [-0.05, 0) is 52.2 Å². The summed E-state index contributed by atoms with van der Waals surface area (Å²) < 4.78 is 5.51. The molecular formula is C20H26ClN5O3. The lowest BCUT2D eigenvalue weighted by Crippen LogP contribution is -2.42. The van der Waals surface area contributed by atoms with Gasteiger partial charge in [0.15, 0.2) is 5.82 Å². The van der Waals surface area contributed by atoms with Crippen LogP contribution in [-0.4, -0.2) is 38.8 Å². The molecule has 0 aliphatic heterocycles. The van der Waals surface area contributed by atoms with Crippen molar-refractivity contribution in [2.75, 3.05) is 5.32 Å². The summed E-state index contributed by atoms with van der Waals surface area (Å²) in [5.41, 5.74) is 1.23. The van der Waals surface area contributed by atoms with Crippen molar-refractivity contribution in [3.63, 3.8) is 0 Å². The number of aromatic nitrogens is 3. The van der Waals surface area contributed by atoms with E-state index in [1.54, 1.807) is 12.1 Å². The highest BCUT2D eigenvalue weighted by Crippen LogP contribution is 2.35. The van der Waals surface area contributed by atoms with E-state index in [1.807, 2.05) is 26.8 Å². The first-order valence-corrected chi connectivity index (χ1v) is 10.00. The van der Waals surface area contributed by atoms with Crippen molar-refractivity contribution in [2.24, 2.45) is 0 Å². The van der Waals surface area contributed by atoms with Gasteiger partial charge < -0.3 is 15.4 Å². The van der Waals surface area contributed by atoms with Crippen molar-refractivity contribution in [1.82, 2.24) is 20.5 Å². The van der Waals surface area contributed by atoms with Crippen molar-refractivity contribution in [3.8, 4) is 0 Å². The number of halogens is 1. The summed E-state index contributed by atoms with van der Waals surface area (Å²) in [5.74, 6) is 0.469. The van der Waals surface area contributed by atoms with Gasteiger partial charge in [-0.1, -0.05) is 11.6 Å². The molecule has 1 aliphatic carbocycles. The Hall–Kier alpha value is -2.61. The lowest BCUT2D eigenvalue weighted by molar-refractivity contribution is -0.115. The Morgan fingerprint density at radius 2 is 2.10 bits per heavy atom. The molecule has 2 aromatic heterocycles.